The second-order valence-corrected chi connectivity index (χ2v) is 9.58. The number of fused-ring (bicyclic) bond motifs is 1. The number of methoxy groups -OCH3 is 3. The number of hydrogen-bond donors (Lipinski definition) is 2. The van der Waals surface area contributed by atoms with Crippen molar-refractivity contribution < 1.29 is 23.7 Å². The van der Waals surface area contributed by atoms with Crippen molar-refractivity contribution in [1.29, 1.82) is 0 Å². The second kappa shape index (κ2) is 8.74. The van der Waals surface area contributed by atoms with Gasteiger partial charge in [-0.3, -0.25) is 19.4 Å². The molecule has 2 aromatic rings. The van der Waals surface area contributed by atoms with Crippen LogP contribution >= 0.6 is 11.8 Å². The fraction of sp³-hybridized carbons (Fsp3) is 0.545. The molecule has 174 valence electrons. The molecule has 1 amide bonds. The Morgan fingerprint density at radius 3 is 2.53 bits per heavy atom. The van der Waals surface area contributed by atoms with Crippen LogP contribution in [-0.4, -0.2) is 55.0 Å². The van der Waals surface area contributed by atoms with Crippen LogP contribution < -0.4 is 25.1 Å². The van der Waals surface area contributed by atoms with Gasteiger partial charge in [-0.1, -0.05) is 0 Å². The lowest BCUT2D eigenvalue weighted by molar-refractivity contribution is -0.113. The van der Waals surface area contributed by atoms with E-state index in [-0.39, 0.29) is 28.9 Å². The van der Waals surface area contributed by atoms with E-state index in [0.29, 0.717) is 35.2 Å². The van der Waals surface area contributed by atoms with E-state index in [2.05, 4.69) is 10.4 Å². The molecule has 0 bridgehead atoms. The average molecular weight is 464 g/mol. The standard InChI is InChI=1S/C22H29N3O6S/c1-22(2)10-12(8-9-31-22)25-20-16(21(27)24-25)19(32-11-15(26)23-20)13-6-7-14(28-3)18(30-5)17(13)29-4/h6-7,12,19H,8-11H2,1-5H3,(H,23,26)(H,24,27)/t12-,19-/m0/s1. The molecule has 1 saturated heterocycles. The minimum atomic E-state index is -0.434. The summed E-state index contributed by atoms with van der Waals surface area (Å²) in [6, 6.07) is 3.64. The molecule has 2 aliphatic heterocycles. The molecule has 1 fully saturated rings. The Morgan fingerprint density at radius 1 is 1.12 bits per heavy atom. The molecule has 0 unspecified atom stereocenters. The van der Waals surface area contributed by atoms with Crippen molar-refractivity contribution in [3.05, 3.63) is 33.6 Å². The van der Waals surface area contributed by atoms with Crippen molar-refractivity contribution >= 4 is 23.5 Å². The maximum Gasteiger partial charge on any atom is 0.270 e. The molecule has 4 rings (SSSR count). The molecule has 32 heavy (non-hydrogen) atoms. The Labute approximate surface area is 190 Å². The lowest BCUT2D eigenvalue weighted by Gasteiger charge is -2.36. The first-order valence-corrected chi connectivity index (χ1v) is 11.5. The SMILES string of the molecule is COc1ccc([C@@H]2SCC(=O)Nc3c2c(=O)[nH]n3[C@H]2CCOC(C)(C)C2)c(OC)c1OC. The third-order valence-corrected chi connectivity index (χ3v) is 7.17. The summed E-state index contributed by atoms with van der Waals surface area (Å²) in [6.45, 7) is 4.65. The van der Waals surface area contributed by atoms with Gasteiger partial charge in [-0.25, -0.2) is 0 Å². The van der Waals surface area contributed by atoms with Crippen LogP contribution in [-0.2, 0) is 9.53 Å². The van der Waals surface area contributed by atoms with E-state index in [0.717, 1.165) is 18.4 Å². The van der Waals surface area contributed by atoms with Gasteiger partial charge in [0.05, 0.1) is 49.5 Å². The van der Waals surface area contributed by atoms with Crippen LogP contribution in [0.2, 0.25) is 0 Å². The van der Waals surface area contributed by atoms with Crippen LogP contribution in [0.4, 0.5) is 5.82 Å². The number of aromatic amines is 1. The average Bonchev–Trinajstić information content (AvgIpc) is 2.97. The minimum Gasteiger partial charge on any atom is -0.493 e. The molecule has 0 radical (unpaired) electrons. The summed E-state index contributed by atoms with van der Waals surface area (Å²) < 4.78 is 24.3. The fourth-order valence-electron chi connectivity index (χ4n) is 4.51. The summed E-state index contributed by atoms with van der Waals surface area (Å²) in [5, 5.41) is 5.51. The van der Waals surface area contributed by atoms with Gasteiger partial charge in [-0.2, -0.15) is 0 Å². The van der Waals surface area contributed by atoms with Crippen LogP contribution in [0.1, 0.15) is 49.1 Å². The zero-order valence-electron chi connectivity index (χ0n) is 18.9. The molecule has 1 aromatic heterocycles. The highest BCUT2D eigenvalue weighted by molar-refractivity contribution is 8.00. The van der Waals surface area contributed by atoms with Crippen LogP contribution in [0.5, 0.6) is 17.2 Å². The molecular weight excluding hydrogens is 434 g/mol. The Morgan fingerprint density at radius 2 is 1.88 bits per heavy atom. The quantitative estimate of drug-likeness (QED) is 0.702. The molecule has 2 N–H and O–H groups in total. The highest BCUT2D eigenvalue weighted by Gasteiger charge is 2.37. The normalized spacial score (nSPS) is 22.5. The van der Waals surface area contributed by atoms with Crippen molar-refractivity contribution in [3.8, 4) is 17.2 Å². The summed E-state index contributed by atoms with van der Waals surface area (Å²) in [5.74, 6) is 2.00. The summed E-state index contributed by atoms with van der Waals surface area (Å²) in [7, 11) is 4.64. The zero-order valence-corrected chi connectivity index (χ0v) is 19.8. The number of benzene rings is 1. The number of carbonyl (C=O) groups is 1. The zero-order chi connectivity index (χ0) is 23.0. The Bertz CT molecular complexity index is 1080. The second-order valence-electron chi connectivity index (χ2n) is 8.49. The van der Waals surface area contributed by atoms with E-state index in [1.165, 1.54) is 18.9 Å². The van der Waals surface area contributed by atoms with Gasteiger partial charge >= 0.3 is 0 Å². The number of thioether (sulfide) groups is 1. The highest BCUT2D eigenvalue weighted by atomic mass is 32.2. The fourth-order valence-corrected chi connectivity index (χ4v) is 5.65. The predicted octanol–water partition coefficient (Wildman–Crippen LogP) is 3.11. The van der Waals surface area contributed by atoms with E-state index in [4.69, 9.17) is 18.9 Å². The van der Waals surface area contributed by atoms with Gasteiger partial charge in [0.25, 0.3) is 5.56 Å². The van der Waals surface area contributed by atoms with Gasteiger partial charge in [-0.05, 0) is 38.8 Å². The summed E-state index contributed by atoms with van der Waals surface area (Å²) >= 11 is 1.38. The van der Waals surface area contributed by atoms with Gasteiger partial charge in [0.15, 0.2) is 11.5 Å². The van der Waals surface area contributed by atoms with E-state index in [1.54, 1.807) is 20.3 Å². The number of carbonyl (C=O) groups excluding carboxylic acids is 1. The third-order valence-electron chi connectivity index (χ3n) is 5.92. The smallest absolute Gasteiger partial charge is 0.270 e. The van der Waals surface area contributed by atoms with Crippen molar-refractivity contribution in [1.82, 2.24) is 9.78 Å². The molecular formula is C22H29N3O6S. The number of anilines is 1. The number of ether oxygens (including phenoxy) is 4. The van der Waals surface area contributed by atoms with Crippen molar-refractivity contribution in [2.45, 2.75) is 43.6 Å². The van der Waals surface area contributed by atoms with Gasteiger partial charge in [0, 0.05) is 12.2 Å². The molecule has 3 heterocycles. The van der Waals surface area contributed by atoms with Crippen LogP contribution in [0.25, 0.3) is 0 Å². The van der Waals surface area contributed by atoms with E-state index >= 15 is 0 Å². The number of rotatable bonds is 5. The molecule has 2 atom stereocenters. The first-order chi connectivity index (χ1) is 15.3. The van der Waals surface area contributed by atoms with E-state index in [1.807, 2.05) is 24.6 Å². The van der Waals surface area contributed by atoms with E-state index < -0.39 is 5.25 Å². The Balaban J connectivity index is 1.86. The van der Waals surface area contributed by atoms with Crippen molar-refractivity contribution in [2.75, 3.05) is 39.0 Å². The monoisotopic (exact) mass is 463 g/mol. The topological polar surface area (TPSA) is 104 Å². The van der Waals surface area contributed by atoms with Crippen molar-refractivity contribution in [2.24, 2.45) is 0 Å². The third kappa shape index (κ3) is 3.97. The first-order valence-electron chi connectivity index (χ1n) is 10.5. The molecule has 9 nitrogen and oxygen atoms in total. The van der Waals surface area contributed by atoms with E-state index in [9.17, 15) is 9.59 Å². The summed E-state index contributed by atoms with van der Waals surface area (Å²) in [5.41, 5.74) is 0.687. The van der Waals surface area contributed by atoms with Gasteiger partial charge in [0.2, 0.25) is 11.7 Å². The Hall–Kier alpha value is -2.59. The Kier molecular flexibility index (Phi) is 6.17. The number of nitrogens with zero attached hydrogens (tertiary/aromatic N) is 1. The number of amides is 1. The van der Waals surface area contributed by atoms with Crippen LogP contribution in [0.3, 0.4) is 0 Å². The lowest BCUT2D eigenvalue weighted by Crippen LogP contribution is -2.36. The molecule has 2 aliphatic rings. The molecule has 1 aromatic carbocycles. The largest absolute Gasteiger partial charge is 0.493 e. The minimum absolute atomic E-state index is 0.00606. The number of hydrogen-bond acceptors (Lipinski definition) is 7. The van der Waals surface area contributed by atoms with Gasteiger partial charge in [-0.15, -0.1) is 11.8 Å². The lowest BCUT2D eigenvalue weighted by atomic mass is 9.94. The maximum atomic E-state index is 13.2. The number of H-pyrrole nitrogens is 1. The molecule has 0 aliphatic carbocycles. The molecule has 0 spiro atoms. The maximum absolute atomic E-state index is 13.2. The first kappa shape index (κ1) is 22.6. The van der Waals surface area contributed by atoms with Crippen LogP contribution in [0, 0.1) is 0 Å². The molecule has 0 saturated carbocycles. The number of aromatic nitrogens is 2. The molecule has 10 heteroatoms. The van der Waals surface area contributed by atoms with Gasteiger partial charge < -0.3 is 24.3 Å². The predicted molar refractivity (Wildman–Crippen MR) is 122 cm³/mol. The summed E-state index contributed by atoms with van der Waals surface area (Å²) in [4.78, 5) is 25.9. The van der Waals surface area contributed by atoms with Gasteiger partial charge in [0.1, 0.15) is 5.82 Å². The summed E-state index contributed by atoms with van der Waals surface area (Å²) in [6.07, 6.45) is 1.46. The van der Waals surface area contributed by atoms with Crippen molar-refractivity contribution in [3.63, 3.8) is 0 Å². The highest BCUT2D eigenvalue weighted by Crippen LogP contribution is 2.49. The van der Waals surface area contributed by atoms with Crippen LogP contribution in [0.15, 0.2) is 16.9 Å². The number of nitrogens with one attached hydrogen (secondary N) is 2.